The minimum atomic E-state index is -2.10. The van der Waals surface area contributed by atoms with Crippen molar-refractivity contribution in [3.05, 3.63) is 0 Å². The molecule has 1 unspecified atom stereocenters. The Bertz CT molecular complexity index is 613. The molecule has 0 aromatic heterocycles. The molecule has 1 heterocycles. The van der Waals surface area contributed by atoms with Crippen molar-refractivity contribution in [1.29, 1.82) is 0 Å². The molecular weight excluding hydrogens is 368 g/mol. The zero-order chi connectivity index (χ0) is 20.8. The van der Waals surface area contributed by atoms with Gasteiger partial charge in [0.1, 0.15) is 0 Å². The maximum Gasteiger partial charge on any atom is 0.305 e. The number of carbonyl (C=O) groups excluding carboxylic acids is 5. The number of esters is 5. The van der Waals surface area contributed by atoms with Crippen molar-refractivity contribution >= 4 is 29.8 Å². The normalized spacial score (nSPS) is 27.1. The van der Waals surface area contributed by atoms with Crippen LogP contribution in [0.2, 0.25) is 0 Å². The third-order valence-corrected chi connectivity index (χ3v) is 3.30. The lowest BCUT2D eigenvalue weighted by atomic mass is 9.96. The molecule has 1 rings (SSSR count). The summed E-state index contributed by atoms with van der Waals surface area (Å²) < 4.78 is 30.9. The molecule has 0 amide bonds. The summed E-state index contributed by atoms with van der Waals surface area (Å²) in [6.45, 7) is 4.40. The Hall–Kier alpha value is -2.69. The van der Waals surface area contributed by atoms with Crippen LogP contribution >= 0.6 is 0 Å². The fourth-order valence-electron chi connectivity index (χ4n) is 2.51. The molecule has 0 aromatic carbocycles. The zero-order valence-corrected chi connectivity index (χ0v) is 15.6. The Balaban J connectivity index is 3.37. The van der Waals surface area contributed by atoms with Crippen LogP contribution in [0.1, 0.15) is 34.6 Å². The minimum absolute atomic E-state index is 0.385. The highest BCUT2D eigenvalue weighted by Gasteiger charge is 2.59. The first-order valence-corrected chi connectivity index (χ1v) is 7.95. The maximum absolute atomic E-state index is 11.6. The van der Waals surface area contributed by atoms with Gasteiger partial charge in [0.2, 0.25) is 6.10 Å². The van der Waals surface area contributed by atoms with Crippen molar-refractivity contribution in [3.63, 3.8) is 0 Å². The molecule has 0 aromatic rings. The Morgan fingerprint density at radius 3 is 1.81 bits per heavy atom. The summed E-state index contributed by atoms with van der Waals surface area (Å²) in [7, 11) is 0. The van der Waals surface area contributed by atoms with Crippen LogP contribution in [0.3, 0.4) is 0 Å². The largest absolute Gasteiger partial charge is 0.459 e. The molecule has 0 aliphatic carbocycles. The van der Waals surface area contributed by atoms with Crippen molar-refractivity contribution in [2.24, 2.45) is 0 Å². The van der Waals surface area contributed by atoms with E-state index in [1.165, 1.54) is 0 Å². The van der Waals surface area contributed by atoms with Gasteiger partial charge in [0.05, 0.1) is 6.61 Å². The third-order valence-electron chi connectivity index (χ3n) is 3.30. The summed E-state index contributed by atoms with van der Waals surface area (Å²) in [4.78, 5) is 57.3. The van der Waals surface area contributed by atoms with E-state index in [9.17, 15) is 24.0 Å². The smallest absolute Gasteiger partial charge is 0.305 e. The van der Waals surface area contributed by atoms with E-state index in [1.807, 2.05) is 0 Å². The second-order valence-electron chi connectivity index (χ2n) is 5.75. The van der Waals surface area contributed by atoms with E-state index in [0.29, 0.717) is 0 Å². The quantitative estimate of drug-likeness (QED) is 0.433. The predicted molar refractivity (Wildman–Crippen MR) is 83.7 cm³/mol. The number of hydrogen-bond acceptors (Lipinski definition) is 11. The molecule has 0 spiro atoms. The number of hydrogen-bond donors (Lipinski definition) is 0. The van der Waals surface area contributed by atoms with Gasteiger partial charge in [-0.2, -0.15) is 0 Å². The highest BCUT2D eigenvalue weighted by Crippen LogP contribution is 2.34. The Morgan fingerprint density at radius 2 is 1.37 bits per heavy atom. The summed E-state index contributed by atoms with van der Waals surface area (Å²) in [6.07, 6.45) is -4.10. The fraction of sp³-hybridized carbons (Fsp3) is 0.688. The summed E-state index contributed by atoms with van der Waals surface area (Å²) in [5.74, 6) is -5.98. The van der Waals surface area contributed by atoms with Crippen LogP contribution in [0.5, 0.6) is 0 Å². The lowest BCUT2D eigenvalue weighted by molar-refractivity contribution is -0.338. The highest BCUT2D eigenvalue weighted by atomic mass is 16.8. The van der Waals surface area contributed by atoms with Crippen LogP contribution in [0.25, 0.3) is 0 Å². The van der Waals surface area contributed by atoms with E-state index in [1.54, 1.807) is 0 Å². The fourth-order valence-corrected chi connectivity index (χ4v) is 2.51. The Labute approximate surface area is 155 Å². The van der Waals surface area contributed by atoms with Gasteiger partial charge in [-0.25, -0.2) is 0 Å². The third kappa shape index (κ3) is 6.51. The van der Waals surface area contributed by atoms with Crippen LogP contribution in [-0.2, 0) is 52.4 Å². The molecule has 0 N–H and O–H groups in total. The lowest BCUT2D eigenvalue weighted by Crippen LogP contribution is -2.67. The van der Waals surface area contributed by atoms with Gasteiger partial charge >= 0.3 is 29.8 Å². The predicted octanol–water partition coefficient (Wildman–Crippen LogP) is -0.366. The van der Waals surface area contributed by atoms with E-state index in [2.05, 4.69) is 0 Å². The molecule has 1 aliphatic rings. The topological polar surface area (TPSA) is 141 Å². The Morgan fingerprint density at radius 1 is 0.815 bits per heavy atom. The van der Waals surface area contributed by atoms with Gasteiger partial charge in [0.25, 0.3) is 5.79 Å². The van der Waals surface area contributed by atoms with Crippen molar-refractivity contribution in [3.8, 4) is 0 Å². The molecule has 1 saturated heterocycles. The lowest BCUT2D eigenvalue weighted by Gasteiger charge is -2.46. The number of carbonyl (C=O) groups is 5. The van der Waals surface area contributed by atoms with E-state index < -0.39 is 60.6 Å². The van der Waals surface area contributed by atoms with Crippen molar-refractivity contribution < 1.29 is 52.4 Å². The SMILES string of the molecule is CC(=O)OC[C@@]1(OC(C)=O)OC[C@@H](OC(C)=O)[C@H](OC(C)=O)C1OC(C)=O. The van der Waals surface area contributed by atoms with Crippen LogP contribution in [-0.4, -0.2) is 67.2 Å². The van der Waals surface area contributed by atoms with Crippen LogP contribution in [0.15, 0.2) is 0 Å². The highest BCUT2D eigenvalue weighted by molar-refractivity contribution is 5.69. The molecule has 11 nitrogen and oxygen atoms in total. The van der Waals surface area contributed by atoms with E-state index in [0.717, 1.165) is 34.6 Å². The summed E-state index contributed by atoms with van der Waals surface area (Å²) in [6, 6.07) is 0. The van der Waals surface area contributed by atoms with E-state index >= 15 is 0 Å². The molecule has 1 fully saturated rings. The molecule has 1 aliphatic heterocycles. The van der Waals surface area contributed by atoms with Crippen molar-refractivity contribution in [1.82, 2.24) is 0 Å². The van der Waals surface area contributed by atoms with Gasteiger partial charge in [-0.1, -0.05) is 0 Å². The average molecular weight is 390 g/mol. The van der Waals surface area contributed by atoms with Gasteiger partial charge in [-0.05, 0) is 0 Å². The van der Waals surface area contributed by atoms with Gasteiger partial charge < -0.3 is 28.4 Å². The van der Waals surface area contributed by atoms with Crippen molar-refractivity contribution in [2.75, 3.05) is 13.2 Å². The molecule has 0 saturated carbocycles. The number of ether oxygens (including phenoxy) is 6. The second kappa shape index (κ2) is 9.31. The molecule has 11 heteroatoms. The van der Waals surface area contributed by atoms with Gasteiger partial charge in [-0.15, -0.1) is 0 Å². The molecule has 152 valence electrons. The first kappa shape index (κ1) is 22.4. The van der Waals surface area contributed by atoms with E-state index in [-0.39, 0.29) is 6.61 Å². The molecule has 4 atom stereocenters. The molecule has 0 radical (unpaired) electrons. The summed E-state index contributed by atoms with van der Waals surface area (Å²) >= 11 is 0. The minimum Gasteiger partial charge on any atom is -0.459 e. The zero-order valence-electron chi connectivity index (χ0n) is 15.6. The summed E-state index contributed by atoms with van der Waals surface area (Å²) in [5.41, 5.74) is 0. The number of rotatable bonds is 6. The molecule has 27 heavy (non-hydrogen) atoms. The molecular formula is C16H22O11. The maximum atomic E-state index is 11.6. The first-order valence-electron chi connectivity index (χ1n) is 7.95. The second-order valence-corrected chi connectivity index (χ2v) is 5.75. The van der Waals surface area contributed by atoms with Crippen LogP contribution in [0, 0.1) is 0 Å². The standard InChI is InChI=1S/C16H22O11/c1-8(17)22-7-16(27-12(5)21)15(26-11(4)20)14(25-10(3)19)13(6-23-16)24-9(2)18/h13-15H,6-7H2,1-5H3/t13-,14+,15?,16+/m1/s1. The van der Waals surface area contributed by atoms with Crippen LogP contribution < -0.4 is 0 Å². The first-order chi connectivity index (χ1) is 12.5. The Kier molecular flexibility index (Phi) is 7.70. The van der Waals surface area contributed by atoms with Gasteiger partial charge in [-0.3, -0.25) is 24.0 Å². The van der Waals surface area contributed by atoms with Crippen LogP contribution in [0.4, 0.5) is 0 Å². The molecule has 0 bridgehead atoms. The van der Waals surface area contributed by atoms with E-state index in [4.69, 9.17) is 28.4 Å². The van der Waals surface area contributed by atoms with Gasteiger partial charge in [0.15, 0.2) is 18.8 Å². The summed E-state index contributed by atoms with van der Waals surface area (Å²) in [5, 5.41) is 0. The van der Waals surface area contributed by atoms with Gasteiger partial charge in [0, 0.05) is 34.6 Å². The van der Waals surface area contributed by atoms with Crippen molar-refractivity contribution in [2.45, 2.75) is 58.7 Å². The monoisotopic (exact) mass is 390 g/mol. The average Bonchev–Trinajstić information content (AvgIpc) is 2.49.